The molecule has 0 aliphatic carbocycles. The van der Waals surface area contributed by atoms with Crippen LogP contribution in [0.3, 0.4) is 0 Å². The van der Waals surface area contributed by atoms with E-state index in [2.05, 4.69) is 25.3 Å². The third-order valence-electron chi connectivity index (χ3n) is 5.53. The van der Waals surface area contributed by atoms with Gasteiger partial charge in [-0.3, -0.25) is 29.7 Å². The number of rotatable bonds is 11. The first-order chi connectivity index (χ1) is 20.0. The third-order valence-corrected chi connectivity index (χ3v) is 6.90. The van der Waals surface area contributed by atoms with Gasteiger partial charge in [0.1, 0.15) is 0 Å². The molecule has 4 aromatic rings. The Kier molecular flexibility index (Phi) is 8.42. The van der Waals surface area contributed by atoms with Crippen molar-refractivity contribution >= 4 is 50.2 Å². The average molecular weight is 596 g/mol. The van der Waals surface area contributed by atoms with E-state index < -0.39 is 42.8 Å². The van der Waals surface area contributed by atoms with Crippen molar-refractivity contribution < 1.29 is 32.5 Å². The number of nitro benzene ring substituents is 2. The molecule has 0 bridgehead atoms. The third kappa shape index (κ3) is 6.65. The highest BCUT2D eigenvalue weighted by atomic mass is 32.2. The summed E-state index contributed by atoms with van der Waals surface area (Å²) in [7, 11) is -1.51. The van der Waals surface area contributed by atoms with Crippen LogP contribution in [-0.4, -0.2) is 48.4 Å². The van der Waals surface area contributed by atoms with Gasteiger partial charge in [0.05, 0.1) is 34.5 Å². The molecule has 0 atom stereocenters. The number of nitro groups is 2. The van der Waals surface area contributed by atoms with Crippen LogP contribution in [0.5, 0.6) is 11.9 Å². The van der Waals surface area contributed by atoms with Crippen molar-refractivity contribution in [1.82, 2.24) is 9.97 Å². The Bertz CT molecular complexity index is 1710. The number of sulfonamides is 1. The number of hydrogen-bond acceptors (Lipinski definition) is 12. The number of carbonyl (C=O) groups excluding carboxylic acids is 1. The number of methoxy groups -OCH3 is 2. The molecule has 0 radical (unpaired) electrons. The lowest BCUT2D eigenvalue weighted by Gasteiger charge is -2.11. The van der Waals surface area contributed by atoms with E-state index in [0.29, 0.717) is 5.69 Å². The SMILES string of the molecule is COc1cc(NS(=O)(=O)c2ccc(NC(=O)c3cc([N+](=O)[O-])c(Nc4ccccc4)c([N+](=O)[O-])c3)cc2)nc(OC)n1. The lowest BCUT2D eigenvalue weighted by atomic mass is 10.1. The van der Waals surface area contributed by atoms with E-state index in [1.54, 1.807) is 30.3 Å². The van der Waals surface area contributed by atoms with Gasteiger partial charge in [-0.05, 0) is 36.4 Å². The molecule has 0 aliphatic heterocycles. The summed E-state index contributed by atoms with van der Waals surface area (Å²) < 4.78 is 37.9. The second kappa shape index (κ2) is 12.1. The van der Waals surface area contributed by atoms with Crippen molar-refractivity contribution in [2.24, 2.45) is 0 Å². The largest absolute Gasteiger partial charge is 0.481 e. The van der Waals surface area contributed by atoms with Gasteiger partial charge in [-0.25, -0.2) is 8.42 Å². The lowest BCUT2D eigenvalue weighted by molar-refractivity contribution is -0.392. The standard InChI is InChI=1S/C25H21N7O9S/c1-40-22-14-21(28-25(29-22)41-2)30-42(38,39)18-10-8-17(9-11-18)27-24(33)15-12-19(31(34)35)23(20(13-15)32(36)37)26-16-6-4-3-5-7-16/h3-14,26H,1-2H3,(H,27,33)(H,28,29,30). The summed E-state index contributed by atoms with van der Waals surface area (Å²) in [6, 6.07) is 15.9. The van der Waals surface area contributed by atoms with Gasteiger partial charge in [-0.1, -0.05) is 18.2 Å². The molecule has 0 aliphatic rings. The highest BCUT2D eigenvalue weighted by molar-refractivity contribution is 7.92. The number of anilines is 4. The number of nitrogens with zero attached hydrogens (tertiary/aromatic N) is 4. The van der Waals surface area contributed by atoms with Crippen LogP contribution >= 0.6 is 0 Å². The van der Waals surface area contributed by atoms with Crippen molar-refractivity contribution in [2.45, 2.75) is 4.90 Å². The molecule has 4 rings (SSSR count). The fourth-order valence-electron chi connectivity index (χ4n) is 3.59. The average Bonchev–Trinajstić information content (AvgIpc) is 2.97. The molecule has 1 aromatic heterocycles. The molecule has 0 spiro atoms. The number of aromatic nitrogens is 2. The molecule has 0 saturated heterocycles. The highest BCUT2D eigenvalue weighted by Gasteiger charge is 2.29. The van der Waals surface area contributed by atoms with Crippen LogP contribution in [0, 0.1) is 20.2 Å². The molecular formula is C25H21N7O9S. The molecule has 17 heteroatoms. The molecule has 0 fully saturated rings. The number of nitrogens with one attached hydrogen (secondary N) is 3. The number of ether oxygens (including phenoxy) is 2. The zero-order valence-corrected chi connectivity index (χ0v) is 22.6. The van der Waals surface area contributed by atoms with Crippen LogP contribution in [0.1, 0.15) is 10.4 Å². The number of carbonyl (C=O) groups is 1. The monoisotopic (exact) mass is 595 g/mol. The van der Waals surface area contributed by atoms with E-state index >= 15 is 0 Å². The van der Waals surface area contributed by atoms with Crippen LogP contribution in [0.4, 0.5) is 34.3 Å². The molecular weight excluding hydrogens is 574 g/mol. The zero-order chi connectivity index (χ0) is 30.4. The first-order valence-corrected chi connectivity index (χ1v) is 13.2. The van der Waals surface area contributed by atoms with Crippen LogP contribution in [0.15, 0.2) is 77.7 Å². The van der Waals surface area contributed by atoms with Crippen molar-refractivity contribution in [3.63, 3.8) is 0 Å². The van der Waals surface area contributed by atoms with Gasteiger partial charge in [-0.15, -0.1) is 0 Å². The van der Waals surface area contributed by atoms with E-state index in [9.17, 15) is 33.4 Å². The van der Waals surface area contributed by atoms with Crippen LogP contribution in [0.2, 0.25) is 0 Å². The lowest BCUT2D eigenvalue weighted by Crippen LogP contribution is -2.15. The molecule has 1 amide bonds. The zero-order valence-electron chi connectivity index (χ0n) is 21.8. The smallest absolute Gasteiger partial charge is 0.321 e. The van der Waals surface area contributed by atoms with Crippen molar-refractivity contribution in [3.05, 3.63) is 98.6 Å². The Labute approximate surface area is 237 Å². The summed E-state index contributed by atoms with van der Waals surface area (Å²) in [5.74, 6) is -0.965. The summed E-state index contributed by atoms with van der Waals surface area (Å²) >= 11 is 0. The minimum Gasteiger partial charge on any atom is -0.481 e. The fraction of sp³-hybridized carbons (Fsp3) is 0.0800. The van der Waals surface area contributed by atoms with Crippen LogP contribution in [0.25, 0.3) is 0 Å². The fourth-order valence-corrected chi connectivity index (χ4v) is 4.59. The second-order valence-corrected chi connectivity index (χ2v) is 9.94. The van der Waals surface area contributed by atoms with Crippen LogP contribution < -0.4 is 24.8 Å². The van der Waals surface area contributed by atoms with Crippen molar-refractivity contribution in [3.8, 4) is 11.9 Å². The Hall–Kier alpha value is -5.84. The molecule has 216 valence electrons. The molecule has 0 saturated carbocycles. The van der Waals surface area contributed by atoms with Gasteiger partial charge in [0.2, 0.25) is 5.88 Å². The van der Waals surface area contributed by atoms with Gasteiger partial charge in [-0.2, -0.15) is 9.97 Å². The van der Waals surface area contributed by atoms with Gasteiger partial charge in [0.15, 0.2) is 11.5 Å². The Balaban J connectivity index is 1.57. The maximum Gasteiger partial charge on any atom is 0.321 e. The molecule has 3 N–H and O–H groups in total. The van der Waals surface area contributed by atoms with Crippen LogP contribution in [-0.2, 0) is 10.0 Å². The molecule has 42 heavy (non-hydrogen) atoms. The minimum atomic E-state index is -4.14. The molecule has 3 aromatic carbocycles. The quantitative estimate of drug-likeness (QED) is 0.165. The number of para-hydroxylation sites is 1. The van der Waals surface area contributed by atoms with Gasteiger partial charge < -0.3 is 20.1 Å². The number of amides is 1. The minimum absolute atomic E-state index is 0.0574. The maximum absolute atomic E-state index is 12.9. The van der Waals surface area contributed by atoms with Gasteiger partial charge in [0, 0.05) is 29.6 Å². The normalized spacial score (nSPS) is 10.8. The Morgan fingerprint density at radius 3 is 2.00 bits per heavy atom. The number of benzene rings is 3. The maximum atomic E-state index is 12.9. The molecule has 16 nitrogen and oxygen atoms in total. The second-order valence-electron chi connectivity index (χ2n) is 8.26. The Morgan fingerprint density at radius 2 is 1.45 bits per heavy atom. The predicted octanol–water partition coefficient (Wildman–Crippen LogP) is 4.11. The molecule has 0 unspecified atom stereocenters. The summed E-state index contributed by atoms with van der Waals surface area (Å²) in [5.41, 5.74) is -1.66. The summed E-state index contributed by atoms with van der Waals surface area (Å²) in [5, 5.41) is 28.7. The summed E-state index contributed by atoms with van der Waals surface area (Å²) in [6.45, 7) is 0. The van der Waals surface area contributed by atoms with Crippen molar-refractivity contribution in [2.75, 3.05) is 29.6 Å². The topological polar surface area (TPSA) is 218 Å². The van der Waals surface area contributed by atoms with Gasteiger partial charge in [0.25, 0.3) is 15.9 Å². The van der Waals surface area contributed by atoms with E-state index in [4.69, 9.17) is 9.47 Å². The first-order valence-electron chi connectivity index (χ1n) is 11.7. The Morgan fingerprint density at radius 1 is 0.833 bits per heavy atom. The highest BCUT2D eigenvalue weighted by Crippen LogP contribution is 2.38. The van der Waals surface area contributed by atoms with E-state index in [1.807, 2.05) is 0 Å². The predicted molar refractivity (Wildman–Crippen MR) is 150 cm³/mol. The number of hydrogen-bond donors (Lipinski definition) is 3. The van der Waals surface area contributed by atoms with E-state index in [-0.39, 0.29) is 33.9 Å². The first kappa shape index (κ1) is 29.2. The summed E-state index contributed by atoms with van der Waals surface area (Å²) in [4.78, 5) is 42.4. The van der Waals surface area contributed by atoms with Gasteiger partial charge >= 0.3 is 17.4 Å². The van der Waals surface area contributed by atoms with E-state index in [1.165, 1.54) is 44.6 Å². The van der Waals surface area contributed by atoms with Crippen molar-refractivity contribution in [1.29, 1.82) is 0 Å². The molecule has 1 heterocycles. The van der Waals surface area contributed by atoms with E-state index in [0.717, 1.165) is 12.1 Å². The summed E-state index contributed by atoms with van der Waals surface area (Å²) in [6.07, 6.45) is 0.